The molecule has 1 heterocycles. The Labute approximate surface area is 109 Å². The first-order valence-corrected chi connectivity index (χ1v) is 5.87. The van der Waals surface area contributed by atoms with Crippen LogP contribution >= 0.6 is 0 Å². The summed E-state index contributed by atoms with van der Waals surface area (Å²) in [5.74, 6) is -1.54. The van der Waals surface area contributed by atoms with E-state index in [-0.39, 0.29) is 17.8 Å². The number of carbonyl (C=O) groups is 2. The van der Waals surface area contributed by atoms with Crippen molar-refractivity contribution < 1.29 is 14.0 Å². The maximum Gasteiger partial charge on any atom is 0.249 e. The summed E-state index contributed by atoms with van der Waals surface area (Å²) in [6.07, 6.45) is 0.459. The van der Waals surface area contributed by atoms with Gasteiger partial charge in [-0.1, -0.05) is 13.0 Å². The highest BCUT2D eigenvalue weighted by molar-refractivity contribution is 6.04. The normalized spacial score (nSPS) is 19.0. The Morgan fingerprint density at radius 3 is 2.89 bits per heavy atom. The van der Waals surface area contributed by atoms with Crippen LogP contribution in [0.25, 0.3) is 0 Å². The number of nitrogens with zero attached hydrogens (tertiary/aromatic N) is 2. The summed E-state index contributed by atoms with van der Waals surface area (Å²) in [6.45, 7) is 1.72. The smallest absolute Gasteiger partial charge is 0.249 e. The molecule has 1 aliphatic heterocycles. The number of piperazine rings is 1. The molecule has 0 radical (unpaired) electrons. The number of nitriles is 1. The standard InChI is InChI=1S/C13H12FN3O2/c1-2-10-13(19)16-12(18)7-17(10)11-5-3-4-9(14)8(11)6-15/h3-5,10H,2,7H2,1H3,(H,16,18,19). The van der Waals surface area contributed by atoms with Crippen molar-refractivity contribution in [3.63, 3.8) is 0 Å². The second-order valence-corrected chi connectivity index (χ2v) is 4.21. The average molecular weight is 261 g/mol. The molecule has 2 rings (SSSR count). The molecule has 0 saturated carbocycles. The largest absolute Gasteiger partial charge is 0.349 e. The second-order valence-electron chi connectivity index (χ2n) is 4.21. The molecule has 6 heteroatoms. The van der Waals surface area contributed by atoms with Gasteiger partial charge in [-0.05, 0) is 18.6 Å². The van der Waals surface area contributed by atoms with Crippen LogP contribution in [0.3, 0.4) is 0 Å². The average Bonchev–Trinajstić information content (AvgIpc) is 2.37. The van der Waals surface area contributed by atoms with Crippen molar-refractivity contribution >= 4 is 17.5 Å². The molecular weight excluding hydrogens is 249 g/mol. The Kier molecular flexibility index (Phi) is 3.47. The lowest BCUT2D eigenvalue weighted by Crippen LogP contribution is -2.58. The van der Waals surface area contributed by atoms with Crippen molar-refractivity contribution in [3.05, 3.63) is 29.6 Å². The van der Waals surface area contributed by atoms with E-state index in [1.54, 1.807) is 13.0 Å². The molecule has 1 saturated heterocycles. The highest BCUT2D eigenvalue weighted by Gasteiger charge is 2.34. The van der Waals surface area contributed by atoms with Gasteiger partial charge in [-0.2, -0.15) is 5.26 Å². The van der Waals surface area contributed by atoms with Crippen LogP contribution in [0.2, 0.25) is 0 Å². The first-order chi connectivity index (χ1) is 9.08. The van der Waals surface area contributed by atoms with Crippen molar-refractivity contribution in [2.75, 3.05) is 11.4 Å². The second kappa shape index (κ2) is 5.06. The number of nitrogens with one attached hydrogen (secondary N) is 1. The number of carbonyl (C=O) groups excluding carboxylic acids is 2. The highest BCUT2D eigenvalue weighted by Crippen LogP contribution is 2.26. The van der Waals surface area contributed by atoms with Gasteiger partial charge in [0, 0.05) is 0 Å². The molecule has 98 valence electrons. The number of halogens is 1. The Bertz CT molecular complexity index is 580. The maximum atomic E-state index is 13.6. The molecule has 2 amide bonds. The minimum atomic E-state index is -0.659. The summed E-state index contributed by atoms with van der Waals surface area (Å²) in [4.78, 5) is 24.7. The zero-order valence-electron chi connectivity index (χ0n) is 10.3. The van der Waals surface area contributed by atoms with Crippen LogP contribution < -0.4 is 10.2 Å². The summed E-state index contributed by atoms with van der Waals surface area (Å²) >= 11 is 0. The third kappa shape index (κ3) is 2.27. The van der Waals surface area contributed by atoms with Crippen molar-refractivity contribution in [2.45, 2.75) is 19.4 Å². The van der Waals surface area contributed by atoms with Gasteiger partial charge in [-0.25, -0.2) is 4.39 Å². The molecule has 5 nitrogen and oxygen atoms in total. The number of imide groups is 1. The summed E-state index contributed by atoms with van der Waals surface area (Å²) in [5, 5.41) is 11.3. The minimum Gasteiger partial charge on any atom is -0.349 e. The maximum absolute atomic E-state index is 13.6. The molecule has 0 bridgehead atoms. The number of rotatable bonds is 2. The lowest BCUT2D eigenvalue weighted by Gasteiger charge is -2.35. The fourth-order valence-electron chi connectivity index (χ4n) is 2.19. The van der Waals surface area contributed by atoms with Gasteiger partial charge < -0.3 is 4.90 Å². The molecule has 1 atom stereocenters. The van der Waals surface area contributed by atoms with E-state index in [1.165, 1.54) is 23.1 Å². The van der Waals surface area contributed by atoms with Crippen LogP contribution in [-0.4, -0.2) is 24.4 Å². The van der Waals surface area contributed by atoms with Crippen LogP contribution in [0, 0.1) is 17.1 Å². The van der Waals surface area contributed by atoms with E-state index in [9.17, 15) is 14.0 Å². The van der Waals surface area contributed by atoms with Crippen LogP contribution in [0.1, 0.15) is 18.9 Å². The van der Waals surface area contributed by atoms with E-state index < -0.39 is 23.7 Å². The zero-order chi connectivity index (χ0) is 14.0. The molecule has 0 spiro atoms. The van der Waals surface area contributed by atoms with Gasteiger partial charge in [0.05, 0.1) is 12.2 Å². The zero-order valence-corrected chi connectivity index (χ0v) is 10.3. The molecule has 1 aliphatic rings. The molecule has 0 aliphatic carbocycles. The van der Waals surface area contributed by atoms with Gasteiger partial charge in [0.25, 0.3) is 0 Å². The van der Waals surface area contributed by atoms with Gasteiger partial charge in [0.1, 0.15) is 23.5 Å². The van der Waals surface area contributed by atoms with Crippen molar-refractivity contribution in [1.29, 1.82) is 5.26 Å². The van der Waals surface area contributed by atoms with Gasteiger partial charge in [0.15, 0.2) is 0 Å². The fourth-order valence-corrected chi connectivity index (χ4v) is 2.19. The molecule has 19 heavy (non-hydrogen) atoms. The summed E-state index contributed by atoms with van der Waals surface area (Å²) in [6, 6.07) is 5.37. The Morgan fingerprint density at radius 1 is 1.53 bits per heavy atom. The topological polar surface area (TPSA) is 73.2 Å². The van der Waals surface area contributed by atoms with Crippen molar-refractivity contribution in [2.24, 2.45) is 0 Å². The SMILES string of the molecule is CCC1C(=O)NC(=O)CN1c1cccc(F)c1C#N. The van der Waals surface area contributed by atoms with E-state index in [2.05, 4.69) is 5.32 Å². The lowest BCUT2D eigenvalue weighted by molar-refractivity contribution is -0.132. The molecule has 1 aromatic rings. The fraction of sp³-hybridized carbons (Fsp3) is 0.308. The molecule has 0 aromatic heterocycles. The lowest BCUT2D eigenvalue weighted by atomic mass is 10.1. The highest BCUT2D eigenvalue weighted by atomic mass is 19.1. The predicted octanol–water partition coefficient (Wildman–Crippen LogP) is 0.939. The Hall–Kier alpha value is -2.42. The van der Waals surface area contributed by atoms with E-state index >= 15 is 0 Å². The van der Waals surface area contributed by atoms with E-state index in [0.717, 1.165) is 0 Å². The first kappa shape index (κ1) is 13.0. The molecule has 1 aromatic carbocycles. The molecule has 1 unspecified atom stereocenters. The minimum absolute atomic E-state index is 0.0671. The number of benzene rings is 1. The molecule has 1 fully saturated rings. The van der Waals surface area contributed by atoms with Gasteiger partial charge in [0.2, 0.25) is 11.8 Å². The van der Waals surface area contributed by atoms with Crippen LogP contribution in [0.4, 0.5) is 10.1 Å². The molecular formula is C13H12FN3O2. The number of hydrogen-bond acceptors (Lipinski definition) is 4. The summed E-state index contributed by atoms with van der Waals surface area (Å²) in [5.41, 5.74) is 0.126. The third-order valence-electron chi connectivity index (χ3n) is 3.05. The van der Waals surface area contributed by atoms with Gasteiger partial charge >= 0.3 is 0 Å². The van der Waals surface area contributed by atoms with Crippen LogP contribution in [0.15, 0.2) is 18.2 Å². The Balaban J connectivity index is 2.50. The van der Waals surface area contributed by atoms with Crippen LogP contribution in [-0.2, 0) is 9.59 Å². The first-order valence-electron chi connectivity index (χ1n) is 5.87. The monoisotopic (exact) mass is 261 g/mol. The van der Waals surface area contributed by atoms with Gasteiger partial charge in [-0.3, -0.25) is 14.9 Å². The van der Waals surface area contributed by atoms with Crippen molar-refractivity contribution in [1.82, 2.24) is 5.32 Å². The number of anilines is 1. The van der Waals surface area contributed by atoms with Gasteiger partial charge in [-0.15, -0.1) is 0 Å². The van der Waals surface area contributed by atoms with Crippen LogP contribution in [0.5, 0.6) is 0 Å². The van der Waals surface area contributed by atoms with Crippen molar-refractivity contribution in [3.8, 4) is 6.07 Å². The van der Waals surface area contributed by atoms with E-state index in [1.807, 2.05) is 0 Å². The Morgan fingerprint density at radius 2 is 2.26 bits per heavy atom. The summed E-state index contributed by atoms with van der Waals surface area (Å²) < 4.78 is 13.6. The van der Waals surface area contributed by atoms with E-state index in [0.29, 0.717) is 6.42 Å². The number of amides is 2. The predicted molar refractivity (Wildman–Crippen MR) is 65.7 cm³/mol. The third-order valence-corrected chi connectivity index (χ3v) is 3.05. The molecule has 1 N–H and O–H groups in total. The number of hydrogen-bond donors (Lipinski definition) is 1. The van der Waals surface area contributed by atoms with E-state index in [4.69, 9.17) is 5.26 Å². The quantitative estimate of drug-likeness (QED) is 0.804. The summed E-state index contributed by atoms with van der Waals surface area (Å²) in [7, 11) is 0.